The Bertz CT molecular complexity index is 1060. The van der Waals surface area contributed by atoms with E-state index in [1.807, 2.05) is 55.5 Å². The monoisotopic (exact) mass is 415 g/mol. The Kier molecular flexibility index (Phi) is 5.57. The fourth-order valence-corrected chi connectivity index (χ4v) is 4.72. The first-order chi connectivity index (χ1) is 14.8. The van der Waals surface area contributed by atoms with Gasteiger partial charge in [0.25, 0.3) is 0 Å². The zero-order valence-electron chi connectivity index (χ0n) is 18.5. The minimum atomic E-state index is -0.222. The molecule has 1 amide bonds. The van der Waals surface area contributed by atoms with Crippen LogP contribution < -0.4 is 9.64 Å². The van der Waals surface area contributed by atoms with E-state index in [4.69, 9.17) is 4.74 Å². The van der Waals surface area contributed by atoms with Crippen LogP contribution in [0.25, 0.3) is 0 Å². The number of carbonyl (C=O) groups is 2. The van der Waals surface area contributed by atoms with Gasteiger partial charge in [0.05, 0.1) is 0 Å². The number of ketones is 1. The van der Waals surface area contributed by atoms with Crippen molar-refractivity contribution in [2.75, 3.05) is 11.5 Å². The number of carbonyl (C=O) groups excluding carboxylic acids is 2. The maximum absolute atomic E-state index is 13.4. The number of allylic oxidation sites excluding steroid dienone is 2. The summed E-state index contributed by atoms with van der Waals surface area (Å²) in [4.78, 5) is 28.6. The van der Waals surface area contributed by atoms with Gasteiger partial charge in [0.2, 0.25) is 5.91 Å². The molecule has 160 valence electrons. The van der Waals surface area contributed by atoms with Crippen LogP contribution in [0.3, 0.4) is 0 Å². The van der Waals surface area contributed by atoms with E-state index in [-0.39, 0.29) is 29.4 Å². The van der Waals surface area contributed by atoms with Crippen molar-refractivity contribution in [3.8, 4) is 5.75 Å². The lowest BCUT2D eigenvalue weighted by Gasteiger charge is -2.43. The van der Waals surface area contributed by atoms with E-state index in [2.05, 4.69) is 20.4 Å². The van der Waals surface area contributed by atoms with Gasteiger partial charge in [-0.25, -0.2) is 0 Å². The number of anilines is 1. The van der Waals surface area contributed by atoms with Crippen LogP contribution in [-0.4, -0.2) is 18.3 Å². The van der Waals surface area contributed by atoms with Crippen molar-refractivity contribution in [2.24, 2.45) is 5.41 Å². The fourth-order valence-electron chi connectivity index (χ4n) is 4.72. The van der Waals surface area contributed by atoms with Crippen molar-refractivity contribution in [1.29, 1.82) is 0 Å². The first kappa shape index (κ1) is 21.1. The van der Waals surface area contributed by atoms with Crippen LogP contribution in [0.2, 0.25) is 0 Å². The van der Waals surface area contributed by atoms with Gasteiger partial charge in [0.15, 0.2) is 5.78 Å². The van der Waals surface area contributed by atoms with Gasteiger partial charge >= 0.3 is 0 Å². The number of nitrogens with zero attached hydrogens (tertiary/aromatic N) is 1. The number of amides is 1. The van der Waals surface area contributed by atoms with Crippen molar-refractivity contribution in [3.05, 3.63) is 83.6 Å². The molecule has 1 aliphatic carbocycles. The smallest absolute Gasteiger partial charge is 0.232 e. The summed E-state index contributed by atoms with van der Waals surface area (Å²) in [5.41, 5.74) is 4.38. The molecule has 1 atom stereocenters. The minimum Gasteiger partial charge on any atom is -0.490 e. The van der Waals surface area contributed by atoms with Crippen molar-refractivity contribution in [2.45, 2.75) is 46.0 Å². The molecule has 1 heterocycles. The van der Waals surface area contributed by atoms with Gasteiger partial charge < -0.3 is 4.74 Å². The van der Waals surface area contributed by atoms with Crippen LogP contribution >= 0.6 is 0 Å². The van der Waals surface area contributed by atoms with Crippen LogP contribution in [0.4, 0.5) is 5.69 Å². The molecule has 2 aliphatic rings. The molecular formula is C27H29NO3. The van der Waals surface area contributed by atoms with Crippen LogP contribution in [0.15, 0.2) is 72.5 Å². The van der Waals surface area contributed by atoms with Gasteiger partial charge in [0.1, 0.15) is 12.4 Å². The number of benzene rings is 2. The second-order valence-electron chi connectivity index (χ2n) is 9.29. The molecule has 2 aromatic carbocycles. The molecule has 0 saturated heterocycles. The Labute approximate surface area is 184 Å². The summed E-state index contributed by atoms with van der Waals surface area (Å²) in [6.45, 7) is 10.3. The summed E-state index contributed by atoms with van der Waals surface area (Å²) in [5.74, 6) is 0.707. The second kappa shape index (κ2) is 8.18. The number of Topliss-reactive ketones (excluding diaryl/α,β-unsaturated/α-hetero) is 1. The largest absolute Gasteiger partial charge is 0.490 e. The molecule has 2 aromatic rings. The van der Waals surface area contributed by atoms with Crippen molar-refractivity contribution in [1.82, 2.24) is 0 Å². The van der Waals surface area contributed by atoms with Gasteiger partial charge in [-0.2, -0.15) is 0 Å². The fraction of sp³-hybridized carbons (Fsp3) is 0.333. The first-order valence-corrected chi connectivity index (χ1v) is 10.8. The Hall–Kier alpha value is -3.14. The molecule has 0 N–H and O–H groups in total. The average molecular weight is 416 g/mol. The third-order valence-electron chi connectivity index (χ3n) is 6.05. The molecule has 31 heavy (non-hydrogen) atoms. The van der Waals surface area contributed by atoms with Crippen LogP contribution in [0, 0.1) is 12.3 Å². The highest BCUT2D eigenvalue weighted by molar-refractivity contribution is 6.07. The van der Waals surface area contributed by atoms with Crippen LogP contribution in [-0.2, 0) is 9.59 Å². The number of ether oxygens (including phenoxy) is 1. The molecule has 0 bridgehead atoms. The van der Waals surface area contributed by atoms with E-state index in [0.717, 1.165) is 33.8 Å². The summed E-state index contributed by atoms with van der Waals surface area (Å²) in [6.07, 6.45) is 3.18. The standard InChI is InChI=1S/C27H29NO3/c1-5-13-31-21-11-9-19(10-12-21)22-15-25(30)28(20-8-6-7-18(2)14-20)23-16-27(3,4)17-24(29)26(22)23/h5-12,14,22H,1,13,15-17H2,2-4H3. The van der Waals surface area contributed by atoms with Crippen LogP contribution in [0.5, 0.6) is 5.75 Å². The molecule has 0 saturated carbocycles. The molecule has 0 fully saturated rings. The predicted octanol–water partition coefficient (Wildman–Crippen LogP) is 5.72. The van der Waals surface area contributed by atoms with Gasteiger partial charge in [-0.3, -0.25) is 14.5 Å². The quantitative estimate of drug-likeness (QED) is 0.587. The summed E-state index contributed by atoms with van der Waals surface area (Å²) >= 11 is 0. The lowest BCUT2D eigenvalue weighted by molar-refractivity contribution is -0.121. The van der Waals surface area contributed by atoms with E-state index < -0.39 is 0 Å². The Morgan fingerprint density at radius 3 is 2.55 bits per heavy atom. The van der Waals surface area contributed by atoms with Gasteiger partial charge in [0, 0.05) is 35.7 Å². The Balaban J connectivity index is 1.80. The maximum Gasteiger partial charge on any atom is 0.232 e. The van der Waals surface area contributed by atoms with Crippen LogP contribution in [0.1, 0.15) is 50.2 Å². The third-order valence-corrected chi connectivity index (χ3v) is 6.05. The predicted molar refractivity (Wildman–Crippen MR) is 123 cm³/mol. The SMILES string of the molecule is C=CCOc1ccc(C2CC(=O)N(c3cccc(C)c3)C3=C2C(=O)CC(C)(C)C3)cc1. The van der Waals surface area contributed by atoms with Crippen molar-refractivity contribution in [3.63, 3.8) is 0 Å². The Morgan fingerprint density at radius 2 is 1.87 bits per heavy atom. The average Bonchev–Trinajstić information content (AvgIpc) is 2.71. The zero-order valence-corrected chi connectivity index (χ0v) is 18.5. The molecule has 4 rings (SSSR count). The lowest BCUT2D eigenvalue weighted by atomic mass is 9.69. The molecular weight excluding hydrogens is 386 g/mol. The number of aryl methyl sites for hydroxylation is 1. The molecule has 1 aliphatic heterocycles. The minimum absolute atomic E-state index is 0.0341. The van der Waals surface area contributed by atoms with E-state index in [1.54, 1.807) is 11.0 Å². The topological polar surface area (TPSA) is 46.6 Å². The third kappa shape index (κ3) is 4.20. The number of hydrogen-bond donors (Lipinski definition) is 0. The highest BCUT2D eigenvalue weighted by Crippen LogP contribution is 2.48. The van der Waals surface area contributed by atoms with E-state index in [1.165, 1.54) is 0 Å². The van der Waals surface area contributed by atoms with Gasteiger partial charge in [-0.1, -0.05) is 50.8 Å². The molecule has 1 unspecified atom stereocenters. The van der Waals surface area contributed by atoms with E-state index in [0.29, 0.717) is 19.4 Å². The highest BCUT2D eigenvalue weighted by atomic mass is 16.5. The summed E-state index contributed by atoms with van der Waals surface area (Å²) in [7, 11) is 0. The maximum atomic E-state index is 13.4. The molecule has 4 heteroatoms. The zero-order chi connectivity index (χ0) is 22.2. The van der Waals surface area contributed by atoms with E-state index in [9.17, 15) is 9.59 Å². The molecule has 4 nitrogen and oxygen atoms in total. The van der Waals surface area contributed by atoms with Crippen molar-refractivity contribution < 1.29 is 14.3 Å². The van der Waals surface area contributed by atoms with Crippen molar-refractivity contribution >= 4 is 17.4 Å². The highest BCUT2D eigenvalue weighted by Gasteiger charge is 2.44. The summed E-state index contributed by atoms with van der Waals surface area (Å²) in [5, 5.41) is 0. The summed E-state index contributed by atoms with van der Waals surface area (Å²) in [6, 6.07) is 15.7. The van der Waals surface area contributed by atoms with Gasteiger partial charge in [-0.05, 0) is 54.2 Å². The molecule has 0 spiro atoms. The number of hydrogen-bond acceptors (Lipinski definition) is 3. The Morgan fingerprint density at radius 1 is 1.13 bits per heavy atom. The molecule has 0 radical (unpaired) electrons. The van der Waals surface area contributed by atoms with E-state index >= 15 is 0 Å². The first-order valence-electron chi connectivity index (χ1n) is 10.8. The summed E-state index contributed by atoms with van der Waals surface area (Å²) < 4.78 is 5.59. The number of rotatable bonds is 5. The lowest BCUT2D eigenvalue weighted by Crippen LogP contribution is -2.43. The second-order valence-corrected chi connectivity index (χ2v) is 9.29. The molecule has 0 aromatic heterocycles. The van der Waals surface area contributed by atoms with Gasteiger partial charge in [-0.15, -0.1) is 0 Å². The normalized spacial score (nSPS) is 20.5.